The largest absolute Gasteiger partial charge is 0.507 e. The first-order chi connectivity index (χ1) is 22.7. The van der Waals surface area contributed by atoms with Crippen molar-refractivity contribution in [3.05, 3.63) is 58.1 Å². The molecule has 0 radical (unpaired) electrons. The van der Waals surface area contributed by atoms with Gasteiger partial charge in [-0.15, -0.1) is 0 Å². The van der Waals surface area contributed by atoms with Crippen LogP contribution >= 0.6 is 15.9 Å². The Morgan fingerprint density at radius 2 is 1.62 bits per heavy atom. The minimum Gasteiger partial charge on any atom is -0.507 e. The second kappa shape index (κ2) is 14.5. The number of nitrogens with one attached hydrogen (secondary N) is 1. The Balaban J connectivity index is 1.08. The second-order valence-electron chi connectivity index (χ2n) is 12.9. The number of urea groups is 1. The van der Waals surface area contributed by atoms with Gasteiger partial charge in [0.25, 0.3) is 5.91 Å². The van der Waals surface area contributed by atoms with E-state index in [0.717, 1.165) is 36.2 Å². The number of phenolic OH excluding ortho intramolecular Hbond substituents is 1. The molecule has 3 fully saturated rings. The van der Waals surface area contributed by atoms with Gasteiger partial charge in [0.05, 0.1) is 4.47 Å². The number of aromatic hydroxyl groups is 1. The first-order valence-corrected chi connectivity index (χ1v) is 17.3. The lowest BCUT2D eigenvalue weighted by atomic mass is 10.00. The van der Waals surface area contributed by atoms with Gasteiger partial charge in [0.15, 0.2) is 6.10 Å². The molecule has 252 valence electrons. The van der Waals surface area contributed by atoms with E-state index in [-0.39, 0.29) is 36.2 Å². The molecule has 4 heterocycles. The summed E-state index contributed by atoms with van der Waals surface area (Å²) >= 11 is 3.33. The van der Waals surface area contributed by atoms with Gasteiger partial charge >= 0.3 is 18.1 Å². The fourth-order valence-corrected chi connectivity index (χ4v) is 7.90. The van der Waals surface area contributed by atoms with Crippen molar-refractivity contribution in [2.75, 3.05) is 44.6 Å². The minimum absolute atomic E-state index is 0.0160. The van der Waals surface area contributed by atoms with Crippen molar-refractivity contribution in [2.45, 2.75) is 75.6 Å². The van der Waals surface area contributed by atoms with E-state index in [0.29, 0.717) is 69.3 Å². The summed E-state index contributed by atoms with van der Waals surface area (Å²) in [5.41, 5.74) is 2.66. The summed E-state index contributed by atoms with van der Waals surface area (Å²) in [6.45, 7) is 3.05. The quantitative estimate of drug-likeness (QED) is 0.386. The number of rotatable bonds is 7. The highest BCUT2D eigenvalue weighted by atomic mass is 79.9. The van der Waals surface area contributed by atoms with Gasteiger partial charge in [-0.2, -0.15) is 0 Å². The molecule has 2 atom stereocenters. The van der Waals surface area contributed by atoms with Gasteiger partial charge in [0.2, 0.25) is 0 Å². The highest BCUT2D eigenvalue weighted by Crippen LogP contribution is 2.29. The van der Waals surface area contributed by atoms with Gasteiger partial charge in [-0.05, 0) is 96.7 Å². The van der Waals surface area contributed by atoms with Crippen LogP contribution in [-0.2, 0) is 27.2 Å². The average molecular weight is 713 g/mol. The van der Waals surface area contributed by atoms with E-state index in [9.17, 15) is 29.4 Å². The van der Waals surface area contributed by atoms with Gasteiger partial charge in [-0.1, -0.05) is 24.3 Å². The Kier molecular flexibility index (Phi) is 10.2. The summed E-state index contributed by atoms with van der Waals surface area (Å²) in [6.07, 6.45) is 3.27. The van der Waals surface area contributed by atoms with E-state index >= 15 is 0 Å². The van der Waals surface area contributed by atoms with Crippen molar-refractivity contribution in [3.63, 3.8) is 0 Å². The molecule has 2 aromatic rings. The number of para-hydroxylation sites is 1. The normalized spacial score (nSPS) is 21.9. The molecule has 0 saturated carbocycles. The summed E-state index contributed by atoms with van der Waals surface area (Å²) in [5, 5.41) is 22.6. The van der Waals surface area contributed by atoms with Crippen LogP contribution in [0.1, 0.15) is 49.7 Å². The predicted octanol–water partition coefficient (Wildman–Crippen LogP) is 4.30. The van der Waals surface area contributed by atoms with E-state index in [1.165, 1.54) is 6.07 Å². The maximum absolute atomic E-state index is 13.9. The highest BCUT2D eigenvalue weighted by molar-refractivity contribution is 9.10. The van der Waals surface area contributed by atoms with Gasteiger partial charge in [0, 0.05) is 56.9 Å². The van der Waals surface area contributed by atoms with Crippen molar-refractivity contribution >= 4 is 45.6 Å². The standard InChI is InChI=1S/C34H42BrN5O7/c35-26-20-22(7-8-29(26)41)21-30(31(42)37-15-10-24(11-16-37)39-14-3-6-28(39)32(43)44)47-34(46)38-17-12-25(13-18-38)40-19-9-23-4-1-2-5-27(23)36-33(40)45/h1-2,4-5,7-8,20,24-25,28,30,41H,3,6,9-19,21H2,(H,36,45)(H,43,44). The number of carboxylic acid groups (broad SMARTS) is 1. The molecule has 12 nitrogen and oxygen atoms in total. The number of phenols is 1. The third-order valence-electron chi connectivity index (χ3n) is 10.1. The predicted molar refractivity (Wildman–Crippen MR) is 177 cm³/mol. The van der Waals surface area contributed by atoms with E-state index in [4.69, 9.17) is 4.74 Å². The first-order valence-electron chi connectivity index (χ1n) is 16.5. The number of halogens is 1. The summed E-state index contributed by atoms with van der Waals surface area (Å²) in [5.74, 6) is -1.01. The van der Waals surface area contributed by atoms with Crippen molar-refractivity contribution in [2.24, 2.45) is 0 Å². The fraction of sp³-hybridized carbons (Fsp3) is 0.529. The highest BCUT2D eigenvalue weighted by Gasteiger charge is 2.39. The maximum Gasteiger partial charge on any atom is 0.410 e. The number of piperidine rings is 2. The molecule has 4 aliphatic heterocycles. The van der Waals surface area contributed by atoms with Crippen molar-refractivity contribution in [1.29, 1.82) is 0 Å². The summed E-state index contributed by atoms with van der Waals surface area (Å²) in [4.78, 5) is 59.5. The molecule has 4 amide bonds. The molecule has 2 unspecified atom stereocenters. The van der Waals surface area contributed by atoms with Crippen LogP contribution in [0.25, 0.3) is 0 Å². The molecule has 0 aliphatic carbocycles. The Bertz CT molecular complexity index is 1490. The summed E-state index contributed by atoms with van der Waals surface area (Å²) in [7, 11) is 0. The van der Waals surface area contributed by atoms with Crippen LogP contribution in [0.4, 0.5) is 15.3 Å². The molecule has 6 rings (SSSR count). The van der Waals surface area contributed by atoms with Gasteiger partial charge in [-0.25, -0.2) is 9.59 Å². The molecular weight excluding hydrogens is 670 g/mol. The molecule has 3 N–H and O–H groups in total. The monoisotopic (exact) mass is 711 g/mol. The number of hydrogen-bond donors (Lipinski definition) is 3. The number of anilines is 1. The molecule has 3 saturated heterocycles. The lowest BCUT2D eigenvalue weighted by Crippen LogP contribution is -2.53. The number of likely N-dealkylation sites (tertiary alicyclic amines) is 3. The number of amides is 4. The molecule has 0 bridgehead atoms. The van der Waals surface area contributed by atoms with E-state index in [2.05, 4.69) is 26.1 Å². The third kappa shape index (κ3) is 7.51. The molecule has 4 aliphatic rings. The Morgan fingerprint density at radius 3 is 2.34 bits per heavy atom. The van der Waals surface area contributed by atoms with Crippen molar-refractivity contribution in [3.8, 4) is 5.75 Å². The van der Waals surface area contributed by atoms with Crippen LogP contribution in [0.2, 0.25) is 0 Å². The Hall–Kier alpha value is -3.84. The van der Waals surface area contributed by atoms with Crippen LogP contribution in [0, 0.1) is 0 Å². The second-order valence-corrected chi connectivity index (χ2v) is 13.8. The lowest BCUT2D eigenvalue weighted by molar-refractivity contribution is -0.146. The van der Waals surface area contributed by atoms with Crippen molar-refractivity contribution < 1.29 is 34.1 Å². The number of aliphatic carboxylic acids is 1. The van der Waals surface area contributed by atoms with Crippen LogP contribution in [0.15, 0.2) is 46.9 Å². The smallest absolute Gasteiger partial charge is 0.410 e. The zero-order chi connectivity index (χ0) is 33.1. The Labute approximate surface area is 282 Å². The number of ether oxygens (including phenoxy) is 1. The van der Waals surface area contributed by atoms with Crippen LogP contribution < -0.4 is 5.32 Å². The van der Waals surface area contributed by atoms with Gasteiger partial charge in [0.1, 0.15) is 11.8 Å². The number of fused-ring (bicyclic) bond motifs is 1. The summed E-state index contributed by atoms with van der Waals surface area (Å²) in [6, 6.07) is 12.2. The number of carbonyl (C=O) groups is 4. The average Bonchev–Trinajstić information content (AvgIpc) is 3.51. The lowest BCUT2D eigenvalue weighted by Gasteiger charge is -2.40. The number of nitrogens with zero attached hydrogens (tertiary/aromatic N) is 4. The van der Waals surface area contributed by atoms with Crippen LogP contribution in [0.3, 0.4) is 0 Å². The van der Waals surface area contributed by atoms with Crippen molar-refractivity contribution in [1.82, 2.24) is 19.6 Å². The topological polar surface area (TPSA) is 143 Å². The molecule has 0 aromatic heterocycles. The Morgan fingerprint density at radius 1 is 0.915 bits per heavy atom. The molecular formula is C34H42BrN5O7. The zero-order valence-corrected chi connectivity index (χ0v) is 27.9. The fourth-order valence-electron chi connectivity index (χ4n) is 7.48. The van der Waals surface area contributed by atoms with E-state index < -0.39 is 24.2 Å². The molecule has 47 heavy (non-hydrogen) atoms. The number of benzene rings is 2. The zero-order valence-electron chi connectivity index (χ0n) is 26.4. The number of carbonyl (C=O) groups excluding carboxylic acids is 3. The third-order valence-corrected chi connectivity index (χ3v) is 10.7. The maximum atomic E-state index is 13.9. The minimum atomic E-state index is -1.07. The SMILES string of the molecule is O=C(O)C1CCCN1C1CCN(C(=O)C(Cc2ccc(O)c(Br)c2)OC(=O)N2CCC(N3CCc4ccccc4NC3=O)CC2)CC1. The molecule has 0 spiro atoms. The van der Waals surface area contributed by atoms with E-state index in [1.54, 1.807) is 21.9 Å². The van der Waals surface area contributed by atoms with E-state index in [1.807, 2.05) is 29.2 Å². The first kappa shape index (κ1) is 33.1. The van der Waals surface area contributed by atoms with Gasteiger partial charge < -0.3 is 35.0 Å². The van der Waals surface area contributed by atoms with Gasteiger partial charge in [-0.3, -0.25) is 14.5 Å². The molecule has 2 aromatic carbocycles. The number of hydrogen-bond acceptors (Lipinski definition) is 7. The molecule has 13 heteroatoms. The summed E-state index contributed by atoms with van der Waals surface area (Å²) < 4.78 is 6.44. The van der Waals surface area contributed by atoms with Crippen LogP contribution in [0.5, 0.6) is 5.75 Å². The number of carboxylic acids is 1. The van der Waals surface area contributed by atoms with Crippen LogP contribution in [-0.4, -0.2) is 117 Å².